The molecule has 3 heteroatoms. The Morgan fingerprint density at radius 2 is 1.47 bits per heavy atom. The second kappa shape index (κ2) is 5.43. The van der Waals surface area contributed by atoms with Crippen LogP contribution in [-0.2, 0) is 0 Å². The van der Waals surface area contributed by atoms with Crippen molar-refractivity contribution in [1.82, 2.24) is 0 Å². The number of rotatable bonds is 2. The molecule has 1 N–H and O–H groups in total. The SMILES string of the molecule is Cc1cc(C(O)c2cc(C)c(F)c(C)c2)ccc1Br. The van der Waals surface area contributed by atoms with Gasteiger partial charge < -0.3 is 5.11 Å². The van der Waals surface area contributed by atoms with Crippen LogP contribution >= 0.6 is 15.9 Å². The van der Waals surface area contributed by atoms with E-state index in [2.05, 4.69) is 15.9 Å². The summed E-state index contributed by atoms with van der Waals surface area (Å²) in [5, 5.41) is 10.4. The van der Waals surface area contributed by atoms with Gasteiger partial charge in [0, 0.05) is 4.47 Å². The van der Waals surface area contributed by atoms with E-state index in [4.69, 9.17) is 0 Å². The van der Waals surface area contributed by atoms with E-state index in [1.807, 2.05) is 25.1 Å². The number of aliphatic hydroxyl groups excluding tert-OH is 1. The molecule has 0 saturated carbocycles. The summed E-state index contributed by atoms with van der Waals surface area (Å²) in [6.45, 7) is 5.40. The van der Waals surface area contributed by atoms with E-state index < -0.39 is 6.10 Å². The number of halogens is 2. The third kappa shape index (κ3) is 2.88. The first-order valence-electron chi connectivity index (χ1n) is 6.11. The normalized spacial score (nSPS) is 12.5. The first-order chi connectivity index (χ1) is 8.90. The van der Waals surface area contributed by atoms with Crippen LogP contribution in [0.2, 0.25) is 0 Å². The third-order valence-corrected chi connectivity index (χ3v) is 4.16. The van der Waals surface area contributed by atoms with Gasteiger partial charge in [-0.3, -0.25) is 0 Å². The molecule has 0 spiro atoms. The van der Waals surface area contributed by atoms with Crippen molar-refractivity contribution >= 4 is 15.9 Å². The van der Waals surface area contributed by atoms with Crippen molar-refractivity contribution in [1.29, 1.82) is 0 Å². The van der Waals surface area contributed by atoms with Gasteiger partial charge in [-0.2, -0.15) is 0 Å². The molecule has 2 rings (SSSR count). The van der Waals surface area contributed by atoms with E-state index in [-0.39, 0.29) is 5.82 Å². The van der Waals surface area contributed by atoms with Gasteiger partial charge in [-0.15, -0.1) is 0 Å². The van der Waals surface area contributed by atoms with Crippen LogP contribution in [0.5, 0.6) is 0 Å². The Hall–Kier alpha value is -1.19. The lowest BCUT2D eigenvalue weighted by Gasteiger charge is -2.15. The number of benzene rings is 2. The summed E-state index contributed by atoms with van der Waals surface area (Å²) in [5.74, 6) is -0.206. The minimum Gasteiger partial charge on any atom is -0.384 e. The second-order valence-electron chi connectivity index (χ2n) is 4.88. The highest BCUT2D eigenvalue weighted by atomic mass is 79.9. The van der Waals surface area contributed by atoms with Crippen molar-refractivity contribution in [2.75, 3.05) is 0 Å². The predicted octanol–water partition coefficient (Wildman–Crippen LogP) is 4.60. The number of hydrogen-bond acceptors (Lipinski definition) is 1. The first-order valence-corrected chi connectivity index (χ1v) is 6.90. The van der Waals surface area contributed by atoms with Crippen LogP contribution in [0.4, 0.5) is 4.39 Å². The van der Waals surface area contributed by atoms with Gasteiger partial charge in [0.25, 0.3) is 0 Å². The molecule has 0 radical (unpaired) electrons. The maximum Gasteiger partial charge on any atom is 0.129 e. The van der Waals surface area contributed by atoms with Crippen molar-refractivity contribution in [2.24, 2.45) is 0 Å². The monoisotopic (exact) mass is 322 g/mol. The molecule has 1 nitrogen and oxygen atoms in total. The molecular weight excluding hydrogens is 307 g/mol. The van der Waals surface area contributed by atoms with E-state index in [1.54, 1.807) is 26.0 Å². The molecule has 0 fully saturated rings. The standard InChI is InChI=1S/C16H16BrFO/c1-9-6-12(4-5-14(9)17)16(19)13-7-10(2)15(18)11(3)8-13/h4-8,16,19H,1-3H3. The molecule has 19 heavy (non-hydrogen) atoms. The molecule has 2 aromatic carbocycles. The van der Waals surface area contributed by atoms with Gasteiger partial charge in [0.15, 0.2) is 0 Å². The second-order valence-corrected chi connectivity index (χ2v) is 5.73. The summed E-state index contributed by atoms with van der Waals surface area (Å²) in [6.07, 6.45) is -0.732. The van der Waals surface area contributed by atoms with Crippen molar-refractivity contribution in [3.8, 4) is 0 Å². The molecule has 100 valence electrons. The molecule has 0 saturated heterocycles. The van der Waals surface area contributed by atoms with E-state index in [9.17, 15) is 9.50 Å². The maximum absolute atomic E-state index is 13.6. The summed E-state index contributed by atoms with van der Waals surface area (Å²) in [7, 11) is 0. The van der Waals surface area contributed by atoms with Crippen LogP contribution in [0.25, 0.3) is 0 Å². The van der Waals surface area contributed by atoms with E-state index in [0.29, 0.717) is 11.1 Å². The summed E-state index contributed by atoms with van der Waals surface area (Å²) in [6, 6.07) is 9.12. The third-order valence-electron chi connectivity index (χ3n) is 3.27. The van der Waals surface area contributed by atoms with Gasteiger partial charge >= 0.3 is 0 Å². The Morgan fingerprint density at radius 1 is 0.947 bits per heavy atom. The Balaban J connectivity index is 2.43. The van der Waals surface area contributed by atoms with Crippen LogP contribution in [0, 0.1) is 26.6 Å². The highest BCUT2D eigenvalue weighted by Crippen LogP contribution is 2.28. The number of hydrogen-bond donors (Lipinski definition) is 1. The zero-order valence-corrected chi connectivity index (χ0v) is 12.8. The molecule has 0 aliphatic carbocycles. The zero-order valence-electron chi connectivity index (χ0n) is 11.2. The van der Waals surface area contributed by atoms with E-state index in [0.717, 1.165) is 21.2 Å². The number of aliphatic hydroxyl groups is 1. The molecule has 1 atom stereocenters. The topological polar surface area (TPSA) is 20.2 Å². The lowest BCUT2D eigenvalue weighted by molar-refractivity contribution is 0.220. The van der Waals surface area contributed by atoms with Gasteiger partial charge in [0.2, 0.25) is 0 Å². The van der Waals surface area contributed by atoms with Gasteiger partial charge in [-0.25, -0.2) is 4.39 Å². The average Bonchev–Trinajstić information content (AvgIpc) is 2.37. The Kier molecular flexibility index (Phi) is 4.07. The highest BCUT2D eigenvalue weighted by molar-refractivity contribution is 9.10. The quantitative estimate of drug-likeness (QED) is 0.857. The summed E-state index contributed by atoms with van der Waals surface area (Å²) >= 11 is 3.44. The predicted molar refractivity (Wildman–Crippen MR) is 78.8 cm³/mol. The Labute approximate surface area is 121 Å². The Morgan fingerprint density at radius 3 is 2.00 bits per heavy atom. The fraction of sp³-hybridized carbons (Fsp3) is 0.250. The van der Waals surface area contributed by atoms with Crippen LogP contribution in [0.1, 0.15) is 33.9 Å². The van der Waals surface area contributed by atoms with Crippen molar-refractivity contribution < 1.29 is 9.50 Å². The van der Waals surface area contributed by atoms with E-state index >= 15 is 0 Å². The van der Waals surface area contributed by atoms with E-state index in [1.165, 1.54) is 0 Å². The Bertz CT molecular complexity index is 599. The minimum atomic E-state index is -0.732. The molecule has 0 aliphatic heterocycles. The molecule has 2 aromatic rings. The minimum absolute atomic E-state index is 0.206. The van der Waals surface area contributed by atoms with Crippen LogP contribution in [0.3, 0.4) is 0 Å². The molecular formula is C16H16BrFO. The zero-order chi connectivity index (χ0) is 14.2. The smallest absolute Gasteiger partial charge is 0.129 e. The van der Waals surface area contributed by atoms with Gasteiger partial charge in [-0.05, 0) is 54.7 Å². The molecule has 0 bridgehead atoms. The van der Waals surface area contributed by atoms with Crippen molar-refractivity contribution in [2.45, 2.75) is 26.9 Å². The lowest BCUT2D eigenvalue weighted by atomic mass is 9.96. The lowest BCUT2D eigenvalue weighted by Crippen LogP contribution is -2.02. The molecule has 0 heterocycles. The molecule has 1 unspecified atom stereocenters. The molecule has 0 amide bonds. The molecule has 0 aliphatic rings. The van der Waals surface area contributed by atoms with Crippen LogP contribution in [-0.4, -0.2) is 5.11 Å². The molecule has 0 aromatic heterocycles. The average molecular weight is 323 g/mol. The van der Waals surface area contributed by atoms with Crippen LogP contribution in [0.15, 0.2) is 34.8 Å². The fourth-order valence-electron chi connectivity index (χ4n) is 2.17. The van der Waals surface area contributed by atoms with Crippen LogP contribution < -0.4 is 0 Å². The summed E-state index contributed by atoms with van der Waals surface area (Å²) in [4.78, 5) is 0. The highest BCUT2D eigenvalue weighted by Gasteiger charge is 2.14. The summed E-state index contributed by atoms with van der Waals surface area (Å²) in [5.41, 5.74) is 3.71. The number of aryl methyl sites for hydroxylation is 3. The van der Waals surface area contributed by atoms with Gasteiger partial charge in [0.05, 0.1) is 0 Å². The van der Waals surface area contributed by atoms with Crippen molar-refractivity contribution in [3.05, 3.63) is 68.4 Å². The first kappa shape index (κ1) is 14.2. The van der Waals surface area contributed by atoms with Crippen molar-refractivity contribution in [3.63, 3.8) is 0 Å². The van der Waals surface area contributed by atoms with Gasteiger partial charge in [-0.1, -0.05) is 40.2 Å². The fourth-order valence-corrected chi connectivity index (χ4v) is 2.41. The largest absolute Gasteiger partial charge is 0.384 e. The van der Waals surface area contributed by atoms with Gasteiger partial charge in [0.1, 0.15) is 11.9 Å². The summed E-state index contributed by atoms with van der Waals surface area (Å²) < 4.78 is 14.6. The maximum atomic E-state index is 13.6.